The van der Waals surface area contributed by atoms with Gasteiger partial charge < -0.3 is 10.6 Å². The topological polar surface area (TPSA) is 106 Å². The summed E-state index contributed by atoms with van der Waals surface area (Å²) in [7, 11) is 0. The summed E-state index contributed by atoms with van der Waals surface area (Å²) < 4.78 is 1.21. The summed E-state index contributed by atoms with van der Waals surface area (Å²) >= 11 is 0. The first-order valence-corrected chi connectivity index (χ1v) is 8.96. The third kappa shape index (κ3) is 4.11. The number of carbonyl (C=O) groups is 2. The van der Waals surface area contributed by atoms with Crippen molar-refractivity contribution in [2.24, 2.45) is 0 Å². The number of fused-ring (bicyclic) bond motifs is 2. The van der Waals surface area contributed by atoms with Crippen LogP contribution < -0.4 is 16.2 Å². The van der Waals surface area contributed by atoms with E-state index in [0.29, 0.717) is 16.6 Å². The smallest absolute Gasteiger partial charge is 0.261 e. The molecule has 0 bridgehead atoms. The second kappa shape index (κ2) is 7.89. The second-order valence-electron chi connectivity index (χ2n) is 6.44. The van der Waals surface area contributed by atoms with Crippen molar-refractivity contribution in [2.45, 2.75) is 6.54 Å². The highest BCUT2D eigenvalue weighted by atomic mass is 16.2. The van der Waals surface area contributed by atoms with Gasteiger partial charge in [-0.25, -0.2) is 4.98 Å². The Kier molecular flexibility index (Phi) is 4.98. The van der Waals surface area contributed by atoms with Crippen molar-refractivity contribution in [1.29, 1.82) is 0 Å². The zero-order chi connectivity index (χ0) is 20.2. The monoisotopic (exact) mass is 387 g/mol. The minimum absolute atomic E-state index is 0.221. The summed E-state index contributed by atoms with van der Waals surface area (Å²) in [5.41, 5.74) is 1.63. The highest BCUT2D eigenvalue weighted by Gasteiger charge is 2.10. The first-order valence-electron chi connectivity index (χ1n) is 8.96. The van der Waals surface area contributed by atoms with E-state index < -0.39 is 5.91 Å². The molecule has 2 amide bonds. The molecule has 4 rings (SSSR count). The number of benzene rings is 2. The quantitative estimate of drug-likeness (QED) is 0.542. The lowest BCUT2D eigenvalue weighted by Crippen LogP contribution is -2.37. The molecule has 2 aromatic carbocycles. The molecule has 0 fully saturated rings. The summed E-state index contributed by atoms with van der Waals surface area (Å²) in [5, 5.41) is 6.53. The Morgan fingerprint density at radius 1 is 0.931 bits per heavy atom. The molecule has 144 valence electrons. The van der Waals surface area contributed by atoms with Crippen LogP contribution in [0.1, 0.15) is 0 Å². The van der Waals surface area contributed by atoms with E-state index in [0.717, 1.165) is 10.9 Å². The molecular formula is C21H17N5O3. The van der Waals surface area contributed by atoms with Gasteiger partial charge >= 0.3 is 0 Å². The molecule has 2 aromatic heterocycles. The molecule has 8 heteroatoms. The molecule has 0 atom stereocenters. The molecule has 0 unspecified atom stereocenters. The highest BCUT2D eigenvalue weighted by Crippen LogP contribution is 2.15. The van der Waals surface area contributed by atoms with Crippen LogP contribution in [0.4, 0.5) is 5.69 Å². The fraction of sp³-hybridized carbons (Fsp3) is 0.0952. The predicted molar refractivity (Wildman–Crippen MR) is 109 cm³/mol. The zero-order valence-electron chi connectivity index (χ0n) is 15.3. The minimum Gasteiger partial charge on any atom is -0.345 e. The lowest BCUT2D eigenvalue weighted by molar-refractivity contribution is -0.124. The van der Waals surface area contributed by atoms with Crippen molar-refractivity contribution in [3.8, 4) is 0 Å². The fourth-order valence-corrected chi connectivity index (χ4v) is 2.95. The first kappa shape index (κ1) is 18.3. The number of rotatable bonds is 5. The zero-order valence-corrected chi connectivity index (χ0v) is 15.3. The van der Waals surface area contributed by atoms with Crippen LogP contribution in [-0.4, -0.2) is 32.9 Å². The van der Waals surface area contributed by atoms with Gasteiger partial charge in [0, 0.05) is 5.39 Å². The SMILES string of the molecule is O=C(Cn1cnc2ccccc2c1=O)NCC(=O)Nc1cnc2ccccc2c1. The number of amides is 2. The van der Waals surface area contributed by atoms with Gasteiger partial charge in [-0.3, -0.25) is 23.9 Å². The number of para-hydroxylation sites is 2. The Hall–Kier alpha value is -4.07. The van der Waals surface area contributed by atoms with Crippen LogP contribution in [0.2, 0.25) is 0 Å². The lowest BCUT2D eigenvalue weighted by atomic mass is 10.2. The average Bonchev–Trinajstić information content (AvgIpc) is 2.74. The maximum absolute atomic E-state index is 12.4. The number of nitrogens with one attached hydrogen (secondary N) is 2. The molecule has 2 heterocycles. The molecule has 29 heavy (non-hydrogen) atoms. The maximum Gasteiger partial charge on any atom is 0.261 e. The van der Waals surface area contributed by atoms with Crippen LogP contribution in [-0.2, 0) is 16.1 Å². The van der Waals surface area contributed by atoms with Gasteiger partial charge in [0.1, 0.15) is 6.54 Å². The Bertz CT molecular complexity index is 1280. The number of anilines is 1. The Balaban J connectivity index is 1.36. The molecule has 8 nitrogen and oxygen atoms in total. The molecule has 0 aliphatic heterocycles. The van der Waals surface area contributed by atoms with Crippen LogP contribution in [0.5, 0.6) is 0 Å². The summed E-state index contributed by atoms with van der Waals surface area (Å²) in [6.07, 6.45) is 2.88. The number of hydrogen-bond donors (Lipinski definition) is 2. The Morgan fingerprint density at radius 2 is 1.69 bits per heavy atom. The van der Waals surface area contributed by atoms with Crippen molar-refractivity contribution >= 4 is 39.3 Å². The molecule has 4 aromatic rings. The Labute approximate surface area is 165 Å². The third-order valence-corrected chi connectivity index (χ3v) is 4.37. The van der Waals surface area contributed by atoms with Gasteiger partial charge in [-0.1, -0.05) is 30.3 Å². The van der Waals surface area contributed by atoms with E-state index in [-0.39, 0.29) is 24.6 Å². The van der Waals surface area contributed by atoms with Gasteiger partial charge in [0.05, 0.1) is 41.2 Å². The van der Waals surface area contributed by atoms with Gasteiger partial charge in [-0.05, 0) is 24.3 Å². The molecule has 0 aliphatic carbocycles. The molecule has 0 aliphatic rings. The van der Waals surface area contributed by atoms with Crippen LogP contribution in [0.25, 0.3) is 21.8 Å². The van der Waals surface area contributed by atoms with E-state index in [4.69, 9.17) is 0 Å². The van der Waals surface area contributed by atoms with E-state index in [9.17, 15) is 14.4 Å². The van der Waals surface area contributed by atoms with E-state index >= 15 is 0 Å². The van der Waals surface area contributed by atoms with Crippen LogP contribution >= 0.6 is 0 Å². The molecule has 2 N–H and O–H groups in total. The maximum atomic E-state index is 12.4. The van der Waals surface area contributed by atoms with Crippen LogP contribution in [0, 0.1) is 0 Å². The number of nitrogens with zero attached hydrogens (tertiary/aromatic N) is 3. The van der Waals surface area contributed by atoms with Gasteiger partial charge in [0.15, 0.2) is 0 Å². The molecular weight excluding hydrogens is 370 g/mol. The largest absolute Gasteiger partial charge is 0.345 e. The second-order valence-corrected chi connectivity index (χ2v) is 6.44. The van der Waals surface area contributed by atoms with Gasteiger partial charge in [-0.15, -0.1) is 0 Å². The summed E-state index contributed by atoms with van der Waals surface area (Å²) in [6, 6.07) is 16.3. The van der Waals surface area contributed by atoms with Crippen LogP contribution in [0.3, 0.4) is 0 Å². The van der Waals surface area contributed by atoms with Crippen molar-refractivity contribution in [2.75, 3.05) is 11.9 Å². The lowest BCUT2D eigenvalue weighted by Gasteiger charge is -2.09. The molecule has 0 saturated carbocycles. The van der Waals surface area contributed by atoms with E-state index in [1.807, 2.05) is 30.3 Å². The van der Waals surface area contributed by atoms with Crippen LogP contribution in [0.15, 0.2) is 71.9 Å². The van der Waals surface area contributed by atoms with Gasteiger partial charge in [0.2, 0.25) is 11.8 Å². The Morgan fingerprint density at radius 3 is 2.55 bits per heavy atom. The van der Waals surface area contributed by atoms with Crippen molar-refractivity contribution in [1.82, 2.24) is 19.9 Å². The molecule has 0 saturated heterocycles. The van der Waals surface area contributed by atoms with Gasteiger partial charge in [0.25, 0.3) is 5.56 Å². The predicted octanol–water partition coefficient (Wildman–Crippen LogP) is 1.70. The minimum atomic E-state index is -0.462. The first-order chi connectivity index (χ1) is 14.1. The highest BCUT2D eigenvalue weighted by molar-refractivity contribution is 5.96. The average molecular weight is 387 g/mol. The van der Waals surface area contributed by atoms with E-state index in [2.05, 4.69) is 20.6 Å². The van der Waals surface area contributed by atoms with Gasteiger partial charge in [-0.2, -0.15) is 0 Å². The fourth-order valence-electron chi connectivity index (χ4n) is 2.95. The summed E-state index contributed by atoms with van der Waals surface area (Å²) in [4.78, 5) is 45.1. The van der Waals surface area contributed by atoms with Crippen molar-refractivity contribution in [3.05, 3.63) is 77.5 Å². The third-order valence-electron chi connectivity index (χ3n) is 4.37. The number of carbonyl (C=O) groups excluding carboxylic acids is 2. The normalized spacial score (nSPS) is 10.8. The van der Waals surface area contributed by atoms with E-state index in [1.54, 1.807) is 30.5 Å². The van der Waals surface area contributed by atoms with Crippen molar-refractivity contribution < 1.29 is 9.59 Å². The molecule has 0 spiro atoms. The standard InChI is InChI=1S/C21H17N5O3/c27-19(25-15-9-14-5-1-3-7-17(14)22-10-15)11-23-20(28)12-26-13-24-18-8-4-2-6-16(18)21(26)29/h1-10,13H,11-12H2,(H,23,28)(H,25,27). The number of aromatic nitrogens is 3. The number of pyridine rings is 1. The van der Waals surface area contributed by atoms with E-state index in [1.165, 1.54) is 10.9 Å². The summed E-state index contributed by atoms with van der Waals surface area (Å²) in [6.45, 7) is -0.442. The number of hydrogen-bond acceptors (Lipinski definition) is 5. The summed E-state index contributed by atoms with van der Waals surface area (Å²) in [5.74, 6) is -0.851. The molecule has 0 radical (unpaired) electrons. The van der Waals surface area contributed by atoms with Crippen molar-refractivity contribution in [3.63, 3.8) is 0 Å².